The van der Waals surface area contributed by atoms with Gasteiger partial charge in [0.2, 0.25) is 0 Å². The predicted molar refractivity (Wildman–Crippen MR) is 63.9 cm³/mol. The monoisotopic (exact) mass is 225 g/mol. The Morgan fingerprint density at radius 1 is 1.27 bits per heavy atom. The maximum Gasteiger partial charge on any atom is 0.103 e. The molecule has 1 rings (SSSR count). The maximum absolute atomic E-state index is 5.49. The lowest BCUT2D eigenvalue weighted by molar-refractivity contribution is 0.0616. The summed E-state index contributed by atoms with van der Waals surface area (Å²) in [6, 6.07) is 7.72. The third-order valence-electron chi connectivity index (χ3n) is 1.94. The van der Waals surface area contributed by atoms with Gasteiger partial charge >= 0.3 is 0 Å². The van der Waals surface area contributed by atoms with Gasteiger partial charge in [-0.1, -0.05) is 36.5 Å². The Morgan fingerprint density at radius 2 is 1.93 bits per heavy atom. The number of ether oxygens (including phenoxy) is 2. The fourth-order valence-electron chi connectivity index (χ4n) is 1.10. The van der Waals surface area contributed by atoms with Crippen molar-refractivity contribution in [1.82, 2.24) is 0 Å². The molecule has 0 aliphatic carbocycles. The van der Waals surface area contributed by atoms with Gasteiger partial charge in [0.15, 0.2) is 0 Å². The van der Waals surface area contributed by atoms with Crippen LogP contribution >= 0.6 is 12.2 Å². The number of methoxy groups -OCH3 is 1. The SMILES string of the molecule is COCCOCc1ccc(C(N)=S)cc1. The van der Waals surface area contributed by atoms with Gasteiger partial charge in [0.25, 0.3) is 0 Å². The molecule has 0 atom stereocenters. The van der Waals surface area contributed by atoms with E-state index in [0.717, 1.165) is 11.1 Å². The van der Waals surface area contributed by atoms with Crippen LogP contribution in [0, 0.1) is 0 Å². The van der Waals surface area contributed by atoms with Gasteiger partial charge in [0, 0.05) is 12.7 Å². The highest BCUT2D eigenvalue weighted by Gasteiger charge is 1.96. The zero-order valence-electron chi connectivity index (χ0n) is 8.73. The molecule has 0 fully saturated rings. The van der Waals surface area contributed by atoms with Crippen LogP contribution in [0.25, 0.3) is 0 Å². The molecule has 0 amide bonds. The molecule has 2 N–H and O–H groups in total. The van der Waals surface area contributed by atoms with E-state index in [9.17, 15) is 0 Å². The van der Waals surface area contributed by atoms with E-state index in [1.165, 1.54) is 0 Å². The molecule has 0 spiro atoms. The minimum absolute atomic E-state index is 0.418. The summed E-state index contributed by atoms with van der Waals surface area (Å²) in [7, 11) is 1.65. The van der Waals surface area contributed by atoms with Crippen molar-refractivity contribution in [3.63, 3.8) is 0 Å². The third-order valence-corrected chi connectivity index (χ3v) is 2.17. The van der Waals surface area contributed by atoms with Crippen molar-refractivity contribution in [2.24, 2.45) is 5.73 Å². The molecule has 1 aromatic carbocycles. The number of hydrogen-bond acceptors (Lipinski definition) is 3. The van der Waals surface area contributed by atoms with Gasteiger partial charge in [-0.2, -0.15) is 0 Å². The number of thiocarbonyl (C=S) groups is 1. The maximum atomic E-state index is 5.49. The third kappa shape index (κ3) is 4.38. The molecule has 15 heavy (non-hydrogen) atoms. The van der Waals surface area contributed by atoms with E-state index in [1.807, 2.05) is 24.3 Å². The van der Waals surface area contributed by atoms with Crippen LogP contribution in [0.5, 0.6) is 0 Å². The summed E-state index contributed by atoms with van der Waals surface area (Å²) in [5, 5.41) is 0. The van der Waals surface area contributed by atoms with E-state index in [2.05, 4.69) is 0 Å². The van der Waals surface area contributed by atoms with Crippen LogP contribution in [0.4, 0.5) is 0 Å². The molecule has 0 radical (unpaired) electrons. The highest BCUT2D eigenvalue weighted by Crippen LogP contribution is 2.05. The van der Waals surface area contributed by atoms with Gasteiger partial charge in [-0.05, 0) is 5.56 Å². The summed E-state index contributed by atoms with van der Waals surface area (Å²) < 4.78 is 10.2. The molecule has 0 saturated carbocycles. The first-order chi connectivity index (χ1) is 7.24. The fourth-order valence-corrected chi connectivity index (χ4v) is 1.23. The van der Waals surface area contributed by atoms with Gasteiger partial charge in [-0.25, -0.2) is 0 Å². The van der Waals surface area contributed by atoms with Crippen molar-refractivity contribution in [2.75, 3.05) is 20.3 Å². The molecule has 0 aliphatic heterocycles. The van der Waals surface area contributed by atoms with Crippen molar-refractivity contribution < 1.29 is 9.47 Å². The largest absolute Gasteiger partial charge is 0.389 e. The van der Waals surface area contributed by atoms with E-state index in [1.54, 1.807) is 7.11 Å². The van der Waals surface area contributed by atoms with Crippen LogP contribution in [0.1, 0.15) is 11.1 Å². The predicted octanol–water partition coefficient (Wildman–Crippen LogP) is 1.48. The second-order valence-electron chi connectivity index (χ2n) is 3.11. The van der Waals surface area contributed by atoms with Gasteiger partial charge in [-0.15, -0.1) is 0 Å². The first-order valence-corrected chi connectivity index (χ1v) is 5.10. The lowest BCUT2D eigenvalue weighted by atomic mass is 10.1. The molecular weight excluding hydrogens is 210 g/mol. The van der Waals surface area contributed by atoms with Crippen molar-refractivity contribution >= 4 is 17.2 Å². The second-order valence-corrected chi connectivity index (χ2v) is 3.55. The summed E-state index contributed by atoms with van der Waals surface area (Å²) in [6.07, 6.45) is 0. The average Bonchev–Trinajstić information content (AvgIpc) is 2.25. The normalized spacial score (nSPS) is 10.2. The molecule has 0 bridgehead atoms. The molecule has 0 aliphatic rings. The Balaban J connectivity index is 2.39. The summed E-state index contributed by atoms with van der Waals surface area (Å²) in [6.45, 7) is 1.81. The summed E-state index contributed by atoms with van der Waals surface area (Å²) in [5.74, 6) is 0. The van der Waals surface area contributed by atoms with E-state index in [4.69, 9.17) is 27.4 Å². The molecule has 4 heteroatoms. The lowest BCUT2D eigenvalue weighted by Gasteiger charge is -2.04. The van der Waals surface area contributed by atoms with Crippen LogP contribution in [-0.4, -0.2) is 25.3 Å². The molecular formula is C11H15NO2S. The van der Waals surface area contributed by atoms with E-state index >= 15 is 0 Å². The standard InChI is InChI=1S/C11H15NO2S/c1-13-6-7-14-8-9-2-4-10(5-3-9)11(12)15/h2-5H,6-8H2,1H3,(H2,12,15). The van der Waals surface area contributed by atoms with Crippen molar-refractivity contribution in [2.45, 2.75) is 6.61 Å². The van der Waals surface area contributed by atoms with Crippen LogP contribution in [0.15, 0.2) is 24.3 Å². The lowest BCUT2D eigenvalue weighted by Crippen LogP contribution is -2.09. The quantitative estimate of drug-likeness (QED) is 0.588. The van der Waals surface area contributed by atoms with Gasteiger partial charge < -0.3 is 15.2 Å². The number of benzene rings is 1. The smallest absolute Gasteiger partial charge is 0.103 e. The number of hydrogen-bond donors (Lipinski definition) is 1. The van der Waals surface area contributed by atoms with Crippen LogP contribution in [0.2, 0.25) is 0 Å². The van der Waals surface area contributed by atoms with Crippen LogP contribution in [-0.2, 0) is 16.1 Å². The highest BCUT2D eigenvalue weighted by molar-refractivity contribution is 7.80. The number of rotatable bonds is 6. The van der Waals surface area contributed by atoms with E-state index in [-0.39, 0.29) is 0 Å². The first-order valence-electron chi connectivity index (χ1n) is 4.69. The Bertz CT molecular complexity index is 311. The van der Waals surface area contributed by atoms with Crippen molar-refractivity contribution in [3.05, 3.63) is 35.4 Å². The molecule has 0 aromatic heterocycles. The summed E-state index contributed by atoms with van der Waals surface area (Å²) in [4.78, 5) is 0.418. The average molecular weight is 225 g/mol. The first kappa shape index (κ1) is 12.1. The second kappa shape index (κ2) is 6.50. The Morgan fingerprint density at radius 3 is 2.47 bits per heavy atom. The zero-order chi connectivity index (χ0) is 11.1. The fraction of sp³-hybridized carbons (Fsp3) is 0.364. The molecule has 82 valence electrons. The number of nitrogens with two attached hydrogens (primary N) is 1. The van der Waals surface area contributed by atoms with E-state index in [0.29, 0.717) is 24.8 Å². The minimum atomic E-state index is 0.418. The molecule has 1 aromatic rings. The van der Waals surface area contributed by atoms with Gasteiger partial charge in [0.1, 0.15) is 4.99 Å². The topological polar surface area (TPSA) is 44.5 Å². The summed E-state index contributed by atoms with van der Waals surface area (Å²) in [5.41, 5.74) is 7.47. The van der Waals surface area contributed by atoms with Gasteiger partial charge in [0.05, 0.1) is 19.8 Å². The van der Waals surface area contributed by atoms with E-state index < -0.39 is 0 Å². The minimum Gasteiger partial charge on any atom is -0.389 e. The molecule has 0 unspecified atom stereocenters. The Labute approximate surface area is 95.2 Å². The van der Waals surface area contributed by atoms with Crippen LogP contribution in [0.3, 0.4) is 0 Å². The van der Waals surface area contributed by atoms with Crippen molar-refractivity contribution in [3.8, 4) is 0 Å². The van der Waals surface area contributed by atoms with Crippen LogP contribution < -0.4 is 5.73 Å². The highest BCUT2D eigenvalue weighted by atomic mass is 32.1. The summed E-state index contributed by atoms with van der Waals surface area (Å²) >= 11 is 4.86. The molecule has 3 nitrogen and oxygen atoms in total. The van der Waals surface area contributed by atoms with Gasteiger partial charge in [-0.3, -0.25) is 0 Å². The Kier molecular flexibility index (Phi) is 5.25. The Hall–Kier alpha value is -0.970. The molecule has 0 saturated heterocycles. The molecule has 0 heterocycles. The zero-order valence-corrected chi connectivity index (χ0v) is 9.55. The van der Waals surface area contributed by atoms with Crippen molar-refractivity contribution in [1.29, 1.82) is 0 Å².